The lowest BCUT2D eigenvalue weighted by Crippen LogP contribution is -2.39. The maximum absolute atomic E-state index is 13.6. The van der Waals surface area contributed by atoms with Crippen LogP contribution in [-0.2, 0) is 11.3 Å². The molecule has 2 N–H and O–H groups in total. The van der Waals surface area contributed by atoms with E-state index >= 15 is 0 Å². The van der Waals surface area contributed by atoms with Crippen LogP contribution in [-0.4, -0.2) is 37.0 Å². The third-order valence-electron chi connectivity index (χ3n) is 7.07. The van der Waals surface area contributed by atoms with Gasteiger partial charge in [-0.05, 0) is 68.9 Å². The zero-order chi connectivity index (χ0) is 26.8. The highest BCUT2D eigenvalue weighted by Crippen LogP contribution is 2.28. The van der Waals surface area contributed by atoms with Crippen LogP contribution in [0.25, 0.3) is 16.7 Å². The van der Waals surface area contributed by atoms with Crippen molar-refractivity contribution < 1.29 is 9.59 Å². The molecule has 3 aromatic heterocycles. The number of halogens is 1. The zero-order valence-electron chi connectivity index (χ0n) is 21.3. The number of amides is 2. The van der Waals surface area contributed by atoms with Gasteiger partial charge in [-0.15, -0.1) is 0 Å². The van der Waals surface area contributed by atoms with Crippen LogP contribution in [0.3, 0.4) is 0 Å². The summed E-state index contributed by atoms with van der Waals surface area (Å²) in [6, 6.07) is 12.9. The SMILES string of the molecule is CC(=O)Nc1ccc(-n2c(=O)n(C[C@H]3CC[C@H](NC(=O)c4cc(Cl)cnc4C)CC3)c3ccccc32)cn1. The minimum Gasteiger partial charge on any atom is -0.349 e. The average Bonchev–Trinajstić information content (AvgIpc) is 3.17. The summed E-state index contributed by atoms with van der Waals surface area (Å²) >= 11 is 6.03. The number of benzene rings is 1. The summed E-state index contributed by atoms with van der Waals surface area (Å²) in [6.07, 6.45) is 6.60. The molecule has 1 saturated carbocycles. The molecule has 0 radical (unpaired) electrons. The number of aryl methyl sites for hydroxylation is 1. The van der Waals surface area contributed by atoms with Crippen molar-refractivity contribution in [3.63, 3.8) is 0 Å². The van der Waals surface area contributed by atoms with Crippen LogP contribution in [0.15, 0.2) is 59.7 Å². The molecule has 5 rings (SSSR count). The van der Waals surface area contributed by atoms with E-state index in [-0.39, 0.29) is 23.5 Å². The lowest BCUT2D eigenvalue weighted by Gasteiger charge is -2.29. The molecule has 9 nitrogen and oxygen atoms in total. The molecule has 1 aromatic carbocycles. The van der Waals surface area contributed by atoms with Crippen molar-refractivity contribution in [2.75, 3.05) is 5.32 Å². The largest absolute Gasteiger partial charge is 0.349 e. The van der Waals surface area contributed by atoms with Crippen LogP contribution in [0.5, 0.6) is 0 Å². The monoisotopic (exact) mass is 532 g/mol. The smallest absolute Gasteiger partial charge is 0.333 e. The molecular formula is C28H29ClN6O3. The van der Waals surface area contributed by atoms with Gasteiger partial charge in [0.05, 0.1) is 39.2 Å². The predicted octanol–water partition coefficient (Wildman–Crippen LogP) is 4.49. The van der Waals surface area contributed by atoms with Crippen LogP contribution in [0, 0.1) is 12.8 Å². The molecule has 0 aliphatic heterocycles. The molecule has 2 amide bonds. The maximum atomic E-state index is 13.6. The van der Waals surface area contributed by atoms with E-state index in [4.69, 9.17) is 11.6 Å². The van der Waals surface area contributed by atoms with E-state index in [0.717, 1.165) is 36.7 Å². The van der Waals surface area contributed by atoms with Crippen molar-refractivity contribution in [2.45, 2.75) is 52.1 Å². The molecule has 0 atom stereocenters. The van der Waals surface area contributed by atoms with E-state index in [0.29, 0.717) is 40.2 Å². The first kappa shape index (κ1) is 25.7. The minimum atomic E-state index is -0.204. The number of carbonyl (C=O) groups is 2. The van der Waals surface area contributed by atoms with Gasteiger partial charge in [0, 0.05) is 25.7 Å². The molecule has 38 heavy (non-hydrogen) atoms. The van der Waals surface area contributed by atoms with Gasteiger partial charge in [0.15, 0.2) is 0 Å². The van der Waals surface area contributed by atoms with Gasteiger partial charge in [-0.25, -0.2) is 9.78 Å². The fourth-order valence-electron chi connectivity index (χ4n) is 5.16. The van der Waals surface area contributed by atoms with Gasteiger partial charge in [-0.1, -0.05) is 23.7 Å². The second-order valence-electron chi connectivity index (χ2n) is 9.78. The second-order valence-corrected chi connectivity index (χ2v) is 10.2. The molecule has 196 valence electrons. The molecule has 0 spiro atoms. The Bertz CT molecular complexity index is 1550. The molecule has 10 heteroatoms. The number of hydrogen-bond donors (Lipinski definition) is 2. The van der Waals surface area contributed by atoms with Crippen LogP contribution in [0.2, 0.25) is 5.02 Å². The molecular weight excluding hydrogens is 504 g/mol. The van der Waals surface area contributed by atoms with Gasteiger partial charge in [0.25, 0.3) is 5.91 Å². The normalized spacial score (nSPS) is 17.3. The van der Waals surface area contributed by atoms with Crippen molar-refractivity contribution >= 4 is 40.3 Å². The summed E-state index contributed by atoms with van der Waals surface area (Å²) < 4.78 is 3.49. The quantitative estimate of drug-likeness (QED) is 0.380. The van der Waals surface area contributed by atoms with E-state index in [1.54, 1.807) is 35.9 Å². The third-order valence-corrected chi connectivity index (χ3v) is 7.27. The Morgan fingerprint density at radius 2 is 1.76 bits per heavy atom. The molecule has 0 unspecified atom stereocenters. The number of imidazole rings is 1. The number of nitrogens with one attached hydrogen (secondary N) is 2. The van der Waals surface area contributed by atoms with E-state index in [2.05, 4.69) is 20.6 Å². The van der Waals surface area contributed by atoms with Gasteiger partial charge < -0.3 is 10.6 Å². The summed E-state index contributed by atoms with van der Waals surface area (Å²) in [4.78, 5) is 46.2. The Morgan fingerprint density at radius 1 is 1.03 bits per heavy atom. The van der Waals surface area contributed by atoms with E-state index in [1.165, 1.54) is 13.1 Å². The number of rotatable bonds is 6. The van der Waals surface area contributed by atoms with E-state index in [1.807, 2.05) is 28.8 Å². The Balaban J connectivity index is 1.30. The van der Waals surface area contributed by atoms with Crippen molar-refractivity contribution in [3.05, 3.63) is 81.6 Å². The highest BCUT2D eigenvalue weighted by molar-refractivity contribution is 6.30. The summed E-state index contributed by atoms with van der Waals surface area (Å²) in [5, 5.41) is 6.21. The second kappa shape index (κ2) is 10.8. The third kappa shape index (κ3) is 5.33. The Kier molecular flexibility index (Phi) is 7.28. The summed E-state index contributed by atoms with van der Waals surface area (Å²) in [6.45, 7) is 3.82. The van der Waals surface area contributed by atoms with Gasteiger partial charge in [-0.2, -0.15) is 0 Å². The number of hydrogen-bond acceptors (Lipinski definition) is 5. The van der Waals surface area contributed by atoms with Crippen molar-refractivity contribution in [1.82, 2.24) is 24.4 Å². The van der Waals surface area contributed by atoms with Crippen LogP contribution in [0.1, 0.15) is 48.7 Å². The topological polar surface area (TPSA) is 111 Å². The van der Waals surface area contributed by atoms with Crippen LogP contribution in [0.4, 0.5) is 5.82 Å². The number of para-hydroxylation sites is 2. The number of fused-ring (bicyclic) bond motifs is 1. The Morgan fingerprint density at radius 3 is 2.45 bits per heavy atom. The van der Waals surface area contributed by atoms with Gasteiger partial charge in [-0.3, -0.25) is 23.7 Å². The Hall–Kier alpha value is -3.98. The van der Waals surface area contributed by atoms with Gasteiger partial charge in [0.2, 0.25) is 5.91 Å². The zero-order valence-corrected chi connectivity index (χ0v) is 22.0. The summed E-state index contributed by atoms with van der Waals surface area (Å²) in [7, 11) is 0. The number of pyridine rings is 2. The molecule has 3 heterocycles. The first-order chi connectivity index (χ1) is 18.3. The fourth-order valence-corrected chi connectivity index (χ4v) is 5.31. The van der Waals surface area contributed by atoms with Crippen LogP contribution >= 0.6 is 11.6 Å². The van der Waals surface area contributed by atoms with Crippen LogP contribution < -0.4 is 16.3 Å². The lowest BCUT2D eigenvalue weighted by molar-refractivity contribution is -0.114. The van der Waals surface area contributed by atoms with Crippen molar-refractivity contribution in [3.8, 4) is 5.69 Å². The number of carbonyl (C=O) groups excluding carboxylic acids is 2. The highest BCUT2D eigenvalue weighted by atomic mass is 35.5. The Labute approximate surface area is 224 Å². The lowest BCUT2D eigenvalue weighted by atomic mass is 9.85. The highest BCUT2D eigenvalue weighted by Gasteiger charge is 2.25. The molecule has 1 aliphatic carbocycles. The van der Waals surface area contributed by atoms with E-state index < -0.39 is 0 Å². The minimum absolute atomic E-state index is 0.0726. The molecule has 1 aliphatic rings. The standard InChI is InChI=1S/C28H29ClN6O3/c1-17-23(13-20(29)14-30-17)27(37)33-21-9-7-19(8-10-21)16-34-24-5-3-4-6-25(24)35(28(34)38)22-11-12-26(31-15-22)32-18(2)36/h3-6,11-15,19,21H,7-10,16H2,1-2H3,(H,33,37)(H,31,32,36)/t19-,21-. The predicted molar refractivity (Wildman–Crippen MR) is 147 cm³/mol. The summed E-state index contributed by atoms with van der Waals surface area (Å²) in [5.41, 5.74) is 3.33. The number of aromatic nitrogens is 4. The average molecular weight is 533 g/mol. The maximum Gasteiger partial charge on any atom is 0.333 e. The number of nitrogens with zero attached hydrogens (tertiary/aromatic N) is 4. The first-order valence-corrected chi connectivity index (χ1v) is 13.0. The van der Waals surface area contributed by atoms with E-state index in [9.17, 15) is 14.4 Å². The molecule has 0 saturated heterocycles. The first-order valence-electron chi connectivity index (χ1n) is 12.7. The molecule has 1 fully saturated rings. The fraction of sp³-hybridized carbons (Fsp3) is 0.321. The van der Waals surface area contributed by atoms with Gasteiger partial charge >= 0.3 is 5.69 Å². The molecule has 4 aromatic rings. The van der Waals surface area contributed by atoms with Gasteiger partial charge in [0.1, 0.15) is 5.82 Å². The van der Waals surface area contributed by atoms with Crippen molar-refractivity contribution in [2.24, 2.45) is 5.92 Å². The number of anilines is 1. The summed E-state index contributed by atoms with van der Waals surface area (Å²) in [5.74, 6) is 0.391. The van der Waals surface area contributed by atoms with Crippen molar-refractivity contribution in [1.29, 1.82) is 0 Å². The molecule has 0 bridgehead atoms.